The zero-order valence-corrected chi connectivity index (χ0v) is 12.5. The number of carboxylic acids is 1. The maximum Gasteiger partial charge on any atom is 0.318 e. The van der Waals surface area contributed by atoms with E-state index >= 15 is 0 Å². The number of rotatable bonds is 8. The zero-order valence-electron chi connectivity index (χ0n) is 11.7. The van der Waals surface area contributed by atoms with E-state index < -0.39 is 28.6 Å². The maximum atomic E-state index is 12.4. The molecule has 0 saturated heterocycles. The minimum absolute atomic E-state index is 0.0245. The number of carbonyl (C=O) groups is 1. The van der Waals surface area contributed by atoms with Gasteiger partial charge in [-0.15, -0.1) is 0 Å². The molecule has 0 atom stereocenters. The van der Waals surface area contributed by atoms with Crippen LogP contribution >= 0.6 is 0 Å². The summed E-state index contributed by atoms with van der Waals surface area (Å²) in [6.45, 7) is 3.49. The van der Waals surface area contributed by atoms with Gasteiger partial charge < -0.3 is 9.84 Å². The van der Waals surface area contributed by atoms with Crippen LogP contribution in [-0.2, 0) is 26.1 Å². The van der Waals surface area contributed by atoms with Gasteiger partial charge in [0, 0.05) is 19.3 Å². The number of nitrogens with zero attached hydrogens (tertiary/aromatic N) is 3. The fraction of sp³-hybridized carbons (Fsp3) is 0.636. The van der Waals surface area contributed by atoms with Gasteiger partial charge in [-0.1, -0.05) is 0 Å². The van der Waals surface area contributed by atoms with E-state index in [-0.39, 0.29) is 4.90 Å². The van der Waals surface area contributed by atoms with Crippen LogP contribution in [0.25, 0.3) is 0 Å². The first-order valence-corrected chi connectivity index (χ1v) is 7.48. The Morgan fingerprint density at radius 1 is 1.55 bits per heavy atom. The van der Waals surface area contributed by atoms with Crippen molar-refractivity contribution in [3.63, 3.8) is 0 Å². The van der Waals surface area contributed by atoms with Gasteiger partial charge in [0.05, 0.1) is 19.3 Å². The largest absolute Gasteiger partial charge is 0.480 e. The SMILES string of the molecule is COCCn1cc(S(=O)(=O)N(CC(=O)O)C(C)C)cn1. The van der Waals surface area contributed by atoms with Crippen molar-refractivity contribution >= 4 is 16.0 Å². The lowest BCUT2D eigenvalue weighted by atomic mass is 10.4. The molecule has 0 spiro atoms. The summed E-state index contributed by atoms with van der Waals surface area (Å²) in [5, 5.41) is 12.7. The number of hydrogen-bond acceptors (Lipinski definition) is 5. The van der Waals surface area contributed by atoms with Crippen molar-refractivity contribution in [1.29, 1.82) is 0 Å². The summed E-state index contributed by atoms with van der Waals surface area (Å²) < 4.78 is 32.0. The molecule has 9 heteroatoms. The van der Waals surface area contributed by atoms with Crippen LogP contribution in [0.3, 0.4) is 0 Å². The maximum absolute atomic E-state index is 12.4. The van der Waals surface area contributed by atoms with Crippen LogP contribution in [0.2, 0.25) is 0 Å². The van der Waals surface area contributed by atoms with Crippen molar-refractivity contribution in [2.45, 2.75) is 31.3 Å². The molecule has 1 N–H and O–H groups in total. The number of hydrogen-bond donors (Lipinski definition) is 1. The fourth-order valence-electron chi connectivity index (χ4n) is 1.60. The Balaban J connectivity index is 3.00. The Morgan fingerprint density at radius 2 is 2.20 bits per heavy atom. The minimum atomic E-state index is -3.87. The molecule has 1 heterocycles. The fourth-order valence-corrected chi connectivity index (χ4v) is 3.14. The predicted molar refractivity (Wildman–Crippen MR) is 70.8 cm³/mol. The summed E-state index contributed by atoms with van der Waals surface area (Å²) in [6.07, 6.45) is 2.58. The Hall–Kier alpha value is -1.45. The van der Waals surface area contributed by atoms with Crippen molar-refractivity contribution in [2.75, 3.05) is 20.3 Å². The Kier molecular flexibility index (Phi) is 5.66. The zero-order chi connectivity index (χ0) is 15.3. The molecular formula is C11H19N3O5S. The van der Waals surface area contributed by atoms with Crippen LogP contribution in [0.1, 0.15) is 13.8 Å². The molecule has 0 bridgehead atoms. The minimum Gasteiger partial charge on any atom is -0.480 e. The lowest BCUT2D eigenvalue weighted by Gasteiger charge is -2.23. The number of aliphatic carboxylic acids is 1. The third-order valence-corrected chi connectivity index (χ3v) is 4.58. The molecule has 0 radical (unpaired) electrons. The lowest BCUT2D eigenvalue weighted by Crippen LogP contribution is -2.40. The van der Waals surface area contributed by atoms with E-state index in [9.17, 15) is 13.2 Å². The van der Waals surface area contributed by atoms with Gasteiger partial charge >= 0.3 is 5.97 Å². The molecule has 114 valence electrons. The van der Waals surface area contributed by atoms with Gasteiger partial charge in [-0.25, -0.2) is 8.42 Å². The summed E-state index contributed by atoms with van der Waals surface area (Å²) in [6, 6.07) is -0.460. The van der Waals surface area contributed by atoms with Gasteiger partial charge in [0.1, 0.15) is 11.4 Å². The molecule has 0 aliphatic heterocycles. The molecule has 8 nitrogen and oxygen atoms in total. The van der Waals surface area contributed by atoms with Crippen molar-refractivity contribution in [3.8, 4) is 0 Å². The van der Waals surface area contributed by atoms with Gasteiger partial charge in [0.15, 0.2) is 0 Å². The highest BCUT2D eigenvalue weighted by atomic mass is 32.2. The van der Waals surface area contributed by atoms with Crippen molar-refractivity contribution < 1.29 is 23.1 Å². The number of methoxy groups -OCH3 is 1. The first-order chi connectivity index (χ1) is 9.28. The van der Waals surface area contributed by atoms with Crippen LogP contribution < -0.4 is 0 Å². The van der Waals surface area contributed by atoms with E-state index in [1.54, 1.807) is 13.8 Å². The third kappa shape index (κ3) is 4.02. The van der Waals surface area contributed by atoms with E-state index in [0.717, 1.165) is 4.31 Å². The lowest BCUT2D eigenvalue weighted by molar-refractivity contribution is -0.137. The quantitative estimate of drug-likeness (QED) is 0.726. The van der Waals surface area contributed by atoms with E-state index in [1.165, 1.54) is 24.2 Å². The molecule has 0 aliphatic rings. The van der Waals surface area contributed by atoms with E-state index in [1.807, 2.05) is 0 Å². The van der Waals surface area contributed by atoms with Crippen LogP contribution in [0.15, 0.2) is 17.3 Å². The summed E-state index contributed by atoms with van der Waals surface area (Å²) in [7, 11) is -2.34. The number of carboxylic acid groups (broad SMARTS) is 1. The van der Waals surface area contributed by atoms with Crippen molar-refractivity contribution in [2.24, 2.45) is 0 Å². The van der Waals surface area contributed by atoms with Gasteiger partial charge in [0.25, 0.3) is 0 Å². The summed E-state index contributed by atoms with van der Waals surface area (Å²) >= 11 is 0. The number of sulfonamides is 1. The first-order valence-electron chi connectivity index (χ1n) is 6.04. The molecule has 0 fully saturated rings. The molecule has 0 saturated carbocycles. The Morgan fingerprint density at radius 3 is 2.70 bits per heavy atom. The van der Waals surface area contributed by atoms with E-state index in [2.05, 4.69) is 5.10 Å². The predicted octanol–water partition coefficient (Wildman–Crippen LogP) is 0.0132. The molecule has 0 aromatic carbocycles. The Labute approximate surface area is 118 Å². The van der Waals surface area contributed by atoms with Gasteiger partial charge in [-0.05, 0) is 13.8 Å². The smallest absolute Gasteiger partial charge is 0.318 e. The van der Waals surface area contributed by atoms with Crippen molar-refractivity contribution in [1.82, 2.24) is 14.1 Å². The van der Waals surface area contributed by atoms with Crippen LogP contribution in [0, 0.1) is 0 Å². The highest BCUT2D eigenvalue weighted by Crippen LogP contribution is 2.17. The highest BCUT2D eigenvalue weighted by Gasteiger charge is 2.30. The number of aromatic nitrogens is 2. The highest BCUT2D eigenvalue weighted by molar-refractivity contribution is 7.89. The third-order valence-electron chi connectivity index (χ3n) is 2.61. The van der Waals surface area contributed by atoms with Crippen LogP contribution in [0.4, 0.5) is 0 Å². The van der Waals surface area contributed by atoms with E-state index in [0.29, 0.717) is 13.2 Å². The first kappa shape index (κ1) is 16.6. The van der Waals surface area contributed by atoms with Crippen LogP contribution in [0.5, 0.6) is 0 Å². The van der Waals surface area contributed by atoms with Gasteiger partial charge in [0.2, 0.25) is 10.0 Å². The molecule has 1 rings (SSSR count). The molecule has 1 aromatic heterocycles. The molecule has 0 unspecified atom stereocenters. The molecule has 0 amide bonds. The summed E-state index contributed by atoms with van der Waals surface area (Å²) in [4.78, 5) is 10.8. The second-order valence-corrected chi connectivity index (χ2v) is 6.36. The normalized spacial score (nSPS) is 12.2. The van der Waals surface area contributed by atoms with Gasteiger partial charge in [-0.3, -0.25) is 9.48 Å². The summed E-state index contributed by atoms with van der Waals surface area (Å²) in [5.41, 5.74) is 0. The van der Waals surface area contributed by atoms with E-state index in [4.69, 9.17) is 9.84 Å². The second-order valence-electron chi connectivity index (χ2n) is 4.47. The average molecular weight is 305 g/mol. The van der Waals surface area contributed by atoms with Crippen molar-refractivity contribution in [3.05, 3.63) is 12.4 Å². The molecular weight excluding hydrogens is 286 g/mol. The van der Waals surface area contributed by atoms with Crippen LogP contribution in [-0.4, -0.2) is 59.9 Å². The topological polar surface area (TPSA) is 102 Å². The second kappa shape index (κ2) is 6.82. The average Bonchev–Trinajstić information content (AvgIpc) is 2.82. The Bertz CT molecular complexity index is 552. The molecule has 0 aliphatic carbocycles. The van der Waals surface area contributed by atoms with Gasteiger partial charge in [-0.2, -0.15) is 9.40 Å². The summed E-state index contributed by atoms with van der Waals surface area (Å²) in [5.74, 6) is -1.20. The number of ether oxygens (including phenoxy) is 1. The molecule has 1 aromatic rings. The monoisotopic (exact) mass is 305 g/mol. The molecule has 20 heavy (non-hydrogen) atoms. The standard InChI is InChI=1S/C11H19N3O5S/c1-9(2)14(8-11(15)16)20(17,18)10-6-12-13(7-10)4-5-19-3/h6-7,9H,4-5,8H2,1-3H3,(H,15,16).